The number of carbonyl (C=O) groups excluding carboxylic acids is 1. The number of para-hydroxylation sites is 2. The maximum Gasteiger partial charge on any atom is 0.341 e. The van der Waals surface area contributed by atoms with Crippen LogP contribution in [0.25, 0.3) is 20.4 Å². The molecule has 13 heteroatoms. The fourth-order valence-electron chi connectivity index (χ4n) is 6.80. The van der Waals surface area contributed by atoms with Crippen LogP contribution in [0.2, 0.25) is 20.1 Å². The highest BCUT2D eigenvalue weighted by atomic mass is 35.5. The second kappa shape index (κ2) is 11.9. The van der Waals surface area contributed by atoms with Crippen molar-refractivity contribution in [1.29, 1.82) is 10.5 Å². The highest BCUT2D eigenvalue weighted by Crippen LogP contribution is 2.61. The SMILES string of the molecule is N#CC(c1ccc2c(c1)Oc1cc(C(C#N)c3nc4ccccc4s3)ccc1C21OC(=O)c2c(Cl)c(Cl)c(Cl)c(Cl)c21)c1nc2ccccc2s1. The average Bonchev–Trinajstić information content (AvgIpc) is 3.84. The van der Waals surface area contributed by atoms with E-state index in [1.807, 2.05) is 48.5 Å². The summed E-state index contributed by atoms with van der Waals surface area (Å²) in [6, 6.07) is 30.7. The van der Waals surface area contributed by atoms with Gasteiger partial charge in [0.2, 0.25) is 0 Å². The van der Waals surface area contributed by atoms with Crippen LogP contribution < -0.4 is 4.74 Å². The molecule has 5 aromatic carbocycles. The molecule has 0 aliphatic carbocycles. The normalized spacial score (nSPS) is 16.9. The molecular weight excluding hydrogens is 766 g/mol. The molecule has 0 saturated carbocycles. The molecule has 0 fully saturated rings. The van der Waals surface area contributed by atoms with E-state index < -0.39 is 23.4 Å². The molecule has 2 aliphatic heterocycles. The zero-order valence-corrected chi connectivity index (χ0v) is 30.2. The molecule has 9 rings (SSSR count). The summed E-state index contributed by atoms with van der Waals surface area (Å²) >= 11 is 29.5. The quantitative estimate of drug-likeness (QED) is 0.0993. The molecular formula is C38H16Cl4N4O3S2. The maximum absolute atomic E-state index is 13.8. The smallest absolute Gasteiger partial charge is 0.341 e. The zero-order valence-electron chi connectivity index (χ0n) is 25.6. The summed E-state index contributed by atoms with van der Waals surface area (Å²) in [7, 11) is 0. The Labute approximate surface area is 317 Å². The number of fused-ring (bicyclic) bond motifs is 8. The van der Waals surface area contributed by atoms with Gasteiger partial charge in [-0.1, -0.05) is 94.9 Å². The number of benzene rings is 5. The van der Waals surface area contributed by atoms with E-state index in [2.05, 4.69) is 12.1 Å². The van der Waals surface area contributed by atoms with E-state index in [1.54, 1.807) is 36.4 Å². The second-order valence-corrected chi connectivity index (χ2v) is 15.5. The number of hydrogen-bond donors (Lipinski definition) is 0. The summed E-state index contributed by atoms with van der Waals surface area (Å²) in [4.78, 5) is 23.2. The standard InChI is InChI=1S/C38H16Cl4N4O3S2/c39-31-29-30(32(40)34(42)33(31)41)38(49-37(29)47)21-11-9-17(19(15-43)35-45-23-5-1-3-7-27(23)50-35)13-25(21)48-26-14-18(10-12-22(26)38)20(16-44)36-46-24-6-2-4-8-28(24)51-36/h1-14,19-20H. The molecule has 4 heterocycles. The minimum Gasteiger partial charge on any atom is -0.456 e. The van der Waals surface area contributed by atoms with E-state index in [9.17, 15) is 15.3 Å². The van der Waals surface area contributed by atoms with E-state index in [4.69, 9.17) is 65.8 Å². The number of esters is 1. The van der Waals surface area contributed by atoms with Gasteiger partial charge in [0.1, 0.15) is 33.4 Å². The minimum absolute atomic E-state index is 0.00683. The van der Waals surface area contributed by atoms with Crippen LogP contribution in [0.3, 0.4) is 0 Å². The van der Waals surface area contributed by atoms with Crippen LogP contribution in [0.1, 0.15) is 60.0 Å². The number of nitriles is 2. The lowest BCUT2D eigenvalue weighted by molar-refractivity contribution is 0.0224. The van der Waals surface area contributed by atoms with Crippen LogP contribution >= 0.6 is 69.1 Å². The topological polar surface area (TPSA) is 109 Å². The maximum atomic E-state index is 13.8. The van der Waals surface area contributed by atoms with Crippen LogP contribution in [0.15, 0.2) is 84.9 Å². The van der Waals surface area contributed by atoms with Gasteiger partial charge in [-0.25, -0.2) is 14.8 Å². The second-order valence-electron chi connectivity index (χ2n) is 11.9. The Bertz CT molecular complexity index is 2540. The molecule has 0 amide bonds. The zero-order chi connectivity index (χ0) is 35.2. The lowest BCUT2D eigenvalue weighted by atomic mass is 9.76. The molecule has 51 heavy (non-hydrogen) atoms. The van der Waals surface area contributed by atoms with Crippen LogP contribution in [0.4, 0.5) is 0 Å². The van der Waals surface area contributed by atoms with Gasteiger partial charge in [-0.15, -0.1) is 22.7 Å². The Morgan fingerprint density at radius 2 is 1.16 bits per heavy atom. The van der Waals surface area contributed by atoms with E-state index in [1.165, 1.54) is 22.7 Å². The van der Waals surface area contributed by atoms with Gasteiger partial charge < -0.3 is 9.47 Å². The van der Waals surface area contributed by atoms with Gasteiger partial charge in [-0.05, 0) is 47.5 Å². The fourth-order valence-corrected chi connectivity index (χ4v) is 9.94. The van der Waals surface area contributed by atoms with Crippen molar-refractivity contribution < 1.29 is 14.3 Å². The van der Waals surface area contributed by atoms with Crippen LogP contribution in [0, 0.1) is 22.7 Å². The molecule has 0 N–H and O–H groups in total. The first kappa shape index (κ1) is 32.2. The van der Waals surface area contributed by atoms with Crippen molar-refractivity contribution in [2.24, 2.45) is 0 Å². The highest BCUT2D eigenvalue weighted by molar-refractivity contribution is 7.19. The van der Waals surface area contributed by atoms with E-state index in [0.717, 1.165) is 20.4 Å². The van der Waals surface area contributed by atoms with Crippen LogP contribution in [-0.4, -0.2) is 15.9 Å². The van der Waals surface area contributed by atoms with Crippen molar-refractivity contribution in [3.8, 4) is 23.6 Å². The van der Waals surface area contributed by atoms with Gasteiger partial charge in [-0.2, -0.15) is 10.5 Å². The molecule has 2 aliphatic rings. The summed E-state index contributed by atoms with van der Waals surface area (Å²) in [5.41, 5.74) is 2.19. The van der Waals surface area contributed by atoms with Crippen molar-refractivity contribution in [1.82, 2.24) is 9.97 Å². The molecule has 7 aromatic rings. The molecule has 2 unspecified atom stereocenters. The third-order valence-electron chi connectivity index (χ3n) is 9.10. The van der Waals surface area contributed by atoms with E-state index in [0.29, 0.717) is 43.8 Å². The number of carbonyl (C=O) groups is 1. The molecule has 0 saturated heterocycles. The Hall–Kier alpha value is -4.71. The van der Waals surface area contributed by atoms with Crippen molar-refractivity contribution >= 4 is 95.5 Å². The van der Waals surface area contributed by atoms with Crippen molar-refractivity contribution in [3.63, 3.8) is 0 Å². The summed E-state index contributed by atoms with van der Waals surface area (Å²) in [5.74, 6) is -1.62. The van der Waals surface area contributed by atoms with Crippen molar-refractivity contribution in [2.75, 3.05) is 0 Å². The van der Waals surface area contributed by atoms with Crippen LogP contribution in [0.5, 0.6) is 11.5 Å². The molecule has 2 aromatic heterocycles. The first-order valence-corrected chi connectivity index (χ1v) is 18.4. The number of ether oxygens (including phenoxy) is 2. The Balaban J connectivity index is 1.26. The van der Waals surface area contributed by atoms with E-state index >= 15 is 0 Å². The highest BCUT2D eigenvalue weighted by Gasteiger charge is 2.56. The van der Waals surface area contributed by atoms with E-state index in [-0.39, 0.29) is 31.2 Å². The average molecular weight is 783 g/mol. The Morgan fingerprint density at radius 3 is 1.65 bits per heavy atom. The van der Waals surface area contributed by atoms with Gasteiger partial charge in [0.15, 0.2) is 5.60 Å². The number of hydrogen-bond acceptors (Lipinski definition) is 9. The molecule has 2 atom stereocenters. The first-order chi connectivity index (χ1) is 24.7. The number of nitrogens with zero attached hydrogens (tertiary/aromatic N) is 4. The Morgan fingerprint density at radius 1 is 0.667 bits per heavy atom. The molecule has 0 radical (unpaired) electrons. The van der Waals surface area contributed by atoms with Gasteiger partial charge in [0.05, 0.1) is 58.2 Å². The lowest BCUT2D eigenvalue weighted by Gasteiger charge is -2.37. The molecule has 246 valence electrons. The summed E-state index contributed by atoms with van der Waals surface area (Å²) in [5, 5.41) is 21.8. The van der Waals surface area contributed by atoms with Gasteiger partial charge >= 0.3 is 5.97 Å². The minimum atomic E-state index is -1.67. The largest absolute Gasteiger partial charge is 0.456 e. The fraction of sp³-hybridized carbons (Fsp3) is 0.0789. The third kappa shape index (κ3) is 4.71. The monoisotopic (exact) mass is 780 g/mol. The first-order valence-electron chi connectivity index (χ1n) is 15.3. The Kier molecular flexibility index (Phi) is 7.54. The van der Waals surface area contributed by atoms with Gasteiger partial charge in [0, 0.05) is 16.7 Å². The van der Waals surface area contributed by atoms with Crippen LogP contribution in [-0.2, 0) is 10.3 Å². The number of halogens is 4. The predicted octanol–water partition coefficient (Wildman–Crippen LogP) is 11.4. The molecule has 0 bridgehead atoms. The lowest BCUT2D eigenvalue weighted by Crippen LogP contribution is -2.33. The third-order valence-corrected chi connectivity index (χ3v) is 13.1. The summed E-state index contributed by atoms with van der Waals surface area (Å²) < 4.78 is 14.9. The number of aromatic nitrogens is 2. The van der Waals surface area contributed by atoms with Gasteiger partial charge in [0.25, 0.3) is 0 Å². The van der Waals surface area contributed by atoms with Crippen molar-refractivity contribution in [2.45, 2.75) is 17.4 Å². The van der Waals surface area contributed by atoms with Crippen molar-refractivity contribution in [3.05, 3.63) is 148 Å². The number of thiazole rings is 2. The number of rotatable bonds is 4. The summed E-state index contributed by atoms with van der Waals surface area (Å²) in [6.45, 7) is 0. The molecule has 1 spiro atoms. The summed E-state index contributed by atoms with van der Waals surface area (Å²) in [6.07, 6.45) is 0. The molecule has 7 nitrogen and oxygen atoms in total. The predicted molar refractivity (Wildman–Crippen MR) is 199 cm³/mol. The van der Waals surface area contributed by atoms with Gasteiger partial charge in [-0.3, -0.25) is 0 Å².